The normalized spacial score (nSPS) is 14.4. The van der Waals surface area contributed by atoms with Gasteiger partial charge in [0.15, 0.2) is 0 Å². The summed E-state index contributed by atoms with van der Waals surface area (Å²) in [7, 11) is 1.35. The summed E-state index contributed by atoms with van der Waals surface area (Å²) in [5.41, 5.74) is 0. The molecule has 0 aliphatic rings. The molecular weight excluding hydrogens is 493 g/mol. The molecule has 2 atom stereocenters. The lowest BCUT2D eigenvalue weighted by molar-refractivity contribution is -0.870. The van der Waals surface area contributed by atoms with Crippen LogP contribution in [0.2, 0.25) is 0 Å². The van der Waals surface area contributed by atoms with Gasteiger partial charge in [-0.3, -0.25) is 9.36 Å². The van der Waals surface area contributed by atoms with Crippen LogP contribution < -0.4 is 4.89 Å². The fraction of sp³-hybridized carbons (Fsp3) is 0.964. The van der Waals surface area contributed by atoms with Crippen LogP contribution in [0.1, 0.15) is 117 Å². The first kappa shape index (κ1) is 36.5. The lowest BCUT2D eigenvalue weighted by Crippen LogP contribution is -2.37. The molecule has 8 nitrogen and oxygen atoms in total. The Morgan fingerprint density at radius 3 is 1.73 bits per heavy atom. The molecule has 37 heavy (non-hydrogen) atoms. The second-order valence-corrected chi connectivity index (χ2v) is 12.5. The maximum Gasteiger partial charge on any atom is 0.306 e. The van der Waals surface area contributed by atoms with Gasteiger partial charge in [0.2, 0.25) is 0 Å². The summed E-state index contributed by atoms with van der Waals surface area (Å²) in [6.07, 6.45) is 18.3. The third kappa shape index (κ3) is 26.9. The van der Waals surface area contributed by atoms with Gasteiger partial charge in [0.1, 0.15) is 19.3 Å². The largest absolute Gasteiger partial charge is 0.756 e. The average Bonchev–Trinajstić information content (AvgIpc) is 2.81. The van der Waals surface area contributed by atoms with Gasteiger partial charge in [0, 0.05) is 13.0 Å². The van der Waals surface area contributed by atoms with E-state index in [0.717, 1.165) is 12.8 Å². The van der Waals surface area contributed by atoms with E-state index in [-0.39, 0.29) is 32.2 Å². The molecule has 0 rings (SSSR count). The van der Waals surface area contributed by atoms with Crippen LogP contribution in [-0.4, -0.2) is 70.7 Å². The van der Waals surface area contributed by atoms with Crippen LogP contribution in [0.5, 0.6) is 0 Å². The second kappa shape index (κ2) is 23.4. The molecule has 0 bridgehead atoms. The van der Waals surface area contributed by atoms with Crippen LogP contribution in [0.4, 0.5) is 0 Å². The summed E-state index contributed by atoms with van der Waals surface area (Å²) in [5.74, 6) is -0.386. The van der Waals surface area contributed by atoms with E-state index in [0.29, 0.717) is 24.1 Å². The number of hydrogen-bond donors (Lipinski definition) is 0. The SMILES string of the molecule is CCCCCCCCCCCCCCCCOCC(COP(=O)([O-])OCC[N+](C)(C)C)OC(=O)CCC. The Kier molecular flexibility index (Phi) is 23.1. The van der Waals surface area contributed by atoms with Gasteiger partial charge in [0.05, 0.1) is 34.4 Å². The molecule has 9 heteroatoms. The van der Waals surface area contributed by atoms with Gasteiger partial charge < -0.3 is 27.9 Å². The van der Waals surface area contributed by atoms with Gasteiger partial charge in [-0.2, -0.15) is 0 Å². The number of nitrogens with zero attached hydrogens (tertiary/aromatic N) is 1. The molecule has 0 spiro atoms. The Bertz CT molecular complexity index is 583. The Morgan fingerprint density at radius 2 is 1.24 bits per heavy atom. The molecule has 0 N–H and O–H groups in total. The summed E-state index contributed by atoms with van der Waals surface area (Å²) in [6.45, 7) is 5.04. The number of ether oxygens (including phenoxy) is 2. The van der Waals surface area contributed by atoms with E-state index in [2.05, 4.69) is 6.92 Å². The van der Waals surface area contributed by atoms with Gasteiger partial charge >= 0.3 is 5.97 Å². The zero-order chi connectivity index (χ0) is 27.8. The van der Waals surface area contributed by atoms with Crippen molar-refractivity contribution in [2.24, 2.45) is 0 Å². The summed E-state index contributed by atoms with van der Waals surface area (Å²) >= 11 is 0. The lowest BCUT2D eigenvalue weighted by Gasteiger charge is -2.28. The van der Waals surface area contributed by atoms with Crippen molar-refractivity contribution in [2.45, 2.75) is 123 Å². The Labute approximate surface area is 228 Å². The van der Waals surface area contributed by atoms with Crippen molar-refractivity contribution in [2.75, 3.05) is 54.1 Å². The quantitative estimate of drug-likeness (QED) is 0.0504. The lowest BCUT2D eigenvalue weighted by atomic mass is 10.0. The van der Waals surface area contributed by atoms with Crippen molar-refractivity contribution < 1.29 is 37.3 Å². The fourth-order valence-electron chi connectivity index (χ4n) is 3.82. The number of phosphoric ester groups is 1. The van der Waals surface area contributed by atoms with E-state index in [9.17, 15) is 14.3 Å². The number of likely N-dealkylation sites (N-methyl/N-ethyl adjacent to an activating group) is 1. The number of unbranched alkanes of at least 4 members (excludes halogenated alkanes) is 13. The van der Waals surface area contributed by atoms with E-state index in [1.807, 2.05) is 28.1 Å². The van der Waals surface area contributed by atoms with E-state index >= 15 is 0 Å². The van der Waals surface area contributed by atoms with Crippen LogP contribution in [0.3, 0.4) is 0 Å². The molecule has 0 aromatic carbocycles. The van der Waals surface area contributed by atoms with Crippen molar-refractivity contribution in [1.29, 1.82) is 0 Å². The first-order valence-electron chi connectivity index (χ1n) is 14.8. The van der Waals surface area contributed by atoms with E-state index in [4.69, 9.17) is 18.5 Å². The maximum atomic E-state index is 12.1. The molecule has 0 saturated heterocycles. The van der Waals surface area contributed by atoms with E-state index in [1.165, 1.54) is 77.0 Å². The van der Waals surface area contributed by atoms with Crippen molar-refractivity contribution in [3.63, 3.8) is 0 Å². The van der Waals surface area contributed by atoms with Gasteiger partial charge in [-0.05, 0) is 12.8 Å². The van der Waals surface area contributed by atoms with E-state index in [1.54, 1.807) is 0 Å². The van der Waals surface area contributed by atoms with Crippen molar-refractivity contribution in [3.05, 3.63) is 0 Å². The van der Waals surface area contributed by atoms with Gasteiger partial charge in [-0.1, -0.05) is 97.3 Å². The Hall–Kier alpha value is -0.500. The number of rotatable bonds is 27. The Balaban J connectivity index is 3.96. The monoisotopic (exact) mass is 551 g/mol. The number of phosphoric acid groups is 1. The number of carbonyl (C=O) groups excluding carboxylic acids is 1. The molecule has 0 saturated carbocycles. The molecule has 2 unspecified atom stereocenters. The van der Waals surface area contributed by atoms with Crippen LogP contribution in [-0.2, 0) is 27.9 Å². The zero-order valence-corrected chi connectivity index (χ0v) is 25.6. The van der Waals surface area contributed by atoms with Crippen molar-refractivity contribution in [1.82, 2.24) is 0 Å². The number of quaternary nitrogens is 1. The topological polar surface area (TPSA) is 94.1 Å². The summed E-state index contributed by atoms with van der Waals surface area (Å²) in [6, 6.07) is 0. The first-order chi connectivity index (χ1) is 17.6. The molecule has 0 fully saturated rings. The number of carbonyl (C=O) groups is 1. The summed E-state index contributed by atoms with van der Waals surface area (Å²) in [4.78, 5) is 24.0. The summed E-state index contributed by atoms with van der Waals surface area (Å²) < 4.78 is 33.6. The fourth-order valence-corrected chi connectivity index (χ4v) is 4.55. The summed E-state index contributed by atoms with van der Waals surface area (Å²) in [5, 5.41) is 0. The second-order valence-electron chi connectivity index (χ2n) is 11.1. The van der Waals surface area contributed by atoms with Gasteiger partial charge in [-0.15, -0.1) is 0 Å². The van der Waals surface area contributed by atoms with Crippen LogP contribution in [0, 0.1) is 0 Å². The molecule has 0 aliphatic heterocycles. The molecule has 0 aromatic heterocycles. The van der Waals surface area contributed by atoms with Crippen molar-refractivity contribution in [3.8, 4) is 0 Å². The van der Waals surface area contributed by atoms with Crippen LogP contribution in [0.25, 0.3) is 0 Å². The highest BCUT2D eigenvalue weighted by Crippen LogP contribution is 2.38. The first-order valence-corrected chi connectivity index (χ1v) is 16.2. The number of esters is 1. The standard InChI is InChI=1S/C28H58NO7P/c1-6-8-9-10-11-12-13-14-15-16-17-18-19-20-23-33-25-27(36-28(30)21-7-2)26-35-37(31,32)34-24-22-29(3,4)5/h27H,6-26H2,1-5H3. The van der Waals surface area contributed by atoms with Crippen molar-refractivity contribution >= 4 is 13.8 Å². The minimum atomic E-state index is -4.47. The minimum Gasteiger partial charge on any atom is -0.756 e. The third-order valence-electron chi connectivity index (χ3n) is 6.13. The molecule has 0 amide bonds. The highest BCUT2D eigenvalue weighted by atomic mass is 31.2. The average molecular weight is 552 g/mol. The van der Waals surface area contributed by atoms with Crippen LogP contribution >= 0.6 is 7.82 Å². The predicted molar refractivity (Wildman–Crippen MR) is 148 cm³/mol. The molecule has 0 heterocycles. The molecule has 0 aromatic rings. The maximum absolute atomic E-state index is 12.1. The highest BCUT2D eigenvalue weighted by molar-refractivity contribution is 7.45. The highest BCUT2D eigenvalue weighted by Gasteiger charge is 2.20. The third-order valence-corrected chi connectivity index (χ3v) is 7.09. The molecular formula is C28H58NO7P. The van der Waals surface area contributed by atoms with Gasteiger partial charge in [0.25, 0.3) is 7.82 Å². The predicted octanol–water partition coefficient (Wildman–Crippen LogP) is 6.40. The zero-order valence-electron chi connectivity index (χ0n) is 24.7. The van der Waals surface area contributed by atoms with Crippen LogP contribution in [0.15, 0.2) is 0 Å². The minimum absolute atomic E-state index is 0.0280. The molecule has 0 radical (unpaired) electrons. The smallest absolute Gasteiger partial charge is 0.306 e. The van der Waals surface area contributed by atoms with E-state index < -0.39 is 13.9 Å². The molecule has 0 aliphatic carbocycles. The van der Waals surface area contributed by atoms with Gasteiger partial charge in [-0.25, -0.2) is 0 Å². The number of hydrogen-bond acceptors (Lipinski definition) is 7. The molecule has 222 valence electrons. The Morgan fingerprint density at radius 1 is 0.730 bits per heavy atom.